The van der Waals surface area contributed by atoms with Crippen molar-refractivity contribution < 1.29 is 4.52 Å². The fraction of sp³-hybridized carbons (Fsp3) is 0.333. The lowest BCUT2D eigenvalue weighted by atomic mass is 10.3. The zero-order valence-electron chi connectivity index (χ0n) is 8.14. The van der Waals surface area contributed by atoms with Crippen molar-refractivity contribution in [3.63, 3.8) is 0 Å². The van der Waals surface area contributed by atoms with Crippen molar-refractivity contribution in [3.05, 3.63) is 21.8 Å². The van der Waals surface area contributed by atoms with Gasteiger partial charge in [-0.25, -0.2) is 0 Å². The maximum atomic E-state index is 5.96. The van der Waals surface area contributed by atoms with E-state index in [-0.39, 0.29) is 17.9 Å². The Kier molecular flexibility index (Phi) is 3.09. The van der Waals surface area contributed by atoms with Gasteiger partial charge in [0.15, 0.2) is 0 Å². The molecule has 0 spiro atoms. The van der Waals surface area contributed by atoms with Crippen LogP contribution in [0.3, 0.4) is 0 Å². The van der Waals surface area contributed by atoms with E-state index in [1.54, 1.807) is 11.3 Å². The summed E-state index contributed by atoms with van der Waals surface area (Å²) in [4.78, 5) is 5.30. The standard InChI is InChI=1S/C9H8BrN3OS.ClH/c10-5-3-6(15-4-5)7-12-8(14-13-7)9(11)1-2-9;/h3-4H,1-2,11H2;1H. The molecule has 0 bridgehead atoms. The second-order valence-electron chi connectivity index (χ2n) is 3.71. The van der Waals surface area contributed by atoms with Gasteiger partial charge in [0.1, 0.15) is 0 Å². The first kappa shape index (κ1) is 12.0. The Morgan fingerprint density at radius 2 is 2.25 bits per heavy atom. The van der Waals surface area contributed by atoms with Crippen LogP contribution in [-0.2, 0) is 5.54 Å². The molecule has 1 saturated carbocycles. The van der Waals surface area contributed by atoms with Crippen LogP contribution in [0.25, 0.3) is 10.7 Å². The minimum Gasteiger partial charge on any atom is -0.337 e. The lowest BCUT2D eigenvalue weighted by Gasteiger charge is -1.97. The molecule has 0 unspecified atom stereocenters. The number of nitrogens with zero attached hydrogens (tertiary/aromatic N) is 2. The molecule has 3 rings (SSSR count). The first-order chi connectivity index (χ1) is 7.17. The van der Waals surface area contributed by atoms with E-state index in [1.165, 1.54) is 0 Å². The molecule has 2 N–H and O–H groups in total. The third-order valence-electron chi connectivity index (χ3n) is 2.43. The molecule has 0 atom stereocenters. The smallest absolute Gasteiger partial charge is 0.247 e. The highest BCUT2D eigenvalue weighted by Crippen LogP contribution is 2.42. The van der Waals surface area contributed by atoms with Gasteiger partial charge in [-0.15, -0.1) is 23.7 Å². The number of rotatable bonds is 2. The van der Waals surface area contributed by atoms with Crippen LogP contribution >= 0.6 is 39.7 Å². The van der Waals surface area contributed by atoms with E-state index >= 15 is 0 Å². The molecule has 2 heterocycles. The number of halogens is 2. The van der Waals surface area contributed by atoms with Crippen LogP contribution in [0.2, 0.25) is 0 Å². The van der Waals surface area contributed by atoms with Gasteiger partial charge in [-0.05, 0) is 34.8 Å². The van der Waals surface area contributed by atoms with Gasteiger partial charge >= 0.3 is 0 Å². The Labute approximate surface area is 111 Å². The Bertz CT molecular complexity index is 508. The van der Waals surface area contributed by atoms with Gasteiger partial charge in [0, 0.05) is 9.85 Å². The van der Waals surface area contributed by atoms with Crippen molar-refractivity contribution in [1.82, 2.24) is 10.1 Å². The molecule has 1 fully saturated rings. The minimum absolute atomic E-state index is 0. The molecule has 4 nitrogen and oxygen atoms in total. The highest BCUT2D eigenvalue weighted by Gasteiger charge is 2.45. The summed E-state index contributed by atoms with van der Waals surface area (Å²) in [6.45, 7) is 0. The van der Waals surface area contributed by atoms with Crippen molar-refractivity contribution in [2.24, 2.45) is 5.73 Å². The summed E-state index contributed by atoms with van der Waals surface area (Å²) >= 11 is 4.96. The topological polar surface area (TPSA) is 64.9 Å². The van der Waals surface area contributed by atoms with Crippen LogP contribution in [0, 0.1) is 0 Å². The number of hydrogen-bond donors (Lipinski definition) is 1. The van der Waals surface area contributed by atoms with Crippen LogP contribution in [0.4, 0.5) is 0 Å². The van der Waals surface area contributed by atoms with Crippen LogP contribution < -0.4 is 5.73 Å². The molecule has 1 aliphatic carbocycles. The normalized spacial score (nSPS) is 16.9. The first-order valence-corrected chi connectivity index (χ1v) is 6.22. The van der Waals surface area contributed by atoms with Crippen molar-refractivity contribution in [2.45, 2.75) is 18.4 Å². The van der Waals surface area contributed by atoms with Crippen molar-refractivity contribution in [2.75, 3.05) is 0 Å². The summed E-state index contributed by atoms with van der Waals surface area (Å²) < 4.78 is 6.19. The number of aromatic nitrogens is 2. The van der Waals surface area contributed by atoms with Gasteiger partial charge in [-0.1, -0.05) is 5.16 Å². The second-order valence-corrected chi connectivity index (χ2v) is 5.54. The Hall–Kier alpha value is -0.430. The number of hydrogen-bond acceptors (Lipinski definition) is 5. The highest BCUT2D eigenvalue weighted by molar-refractivity contribution is 9.10. The lowest BCUT2D eigenvalue weighted by Crippen LogP contribution is -2.18. The molecule has 1 aliphatic rings. The predicted octanol–water partition coefficient (Wildman–Crippen LogP) is 2.93. The van der Waals surface area contributed by atoms with Crippen LogP contribution in [0.5, 0.6) is 0 Å². The molecule has 0 amide bonds. The molecular formula is C9H9BrClN3OS. The molecule has 0 aliphatic heterocycles. The number of thiophene rings is 1. The predicted molar refractivity (Wildman–Crippen MR) is 67.7 cm³/mol. The third-order valence-corrected chi connectivity index (χ3v) is 4.12. The maximum absolute atomic E-state index is 5.96. The van der Waals surface area contributed by atoms with E-state index < -0.39 is 0 Å². The van der Waals surface area contributed by atoms with Crippen LogP contribution in [0.1, 0.15) is 18.7 Å². The average molecular weight is 323 g/mol. The summed E-state index contributed by atoms with van der Waals surface area (Å²) in [6, 6.07) is 1.97. The largest absolute Gasteiger partial charge is 0.337 e. The van der Waals surface area contributed by atoms with E-state index in [0.717, 1.165) is 22.2 Å². The van der Waals surface area contributed by atoms with Gasteiger partial charge in [0.05, 0.1) is 10.4 Å². The van der Waals surface area contributed by atoms with Crippen molar-refractivity contribution in [3.8, 4) is 10.7 Å². The van der Waals surface area contributed by atoms with E-state index in [1.807, 2.05) is 11.4 Å². The molecule has 16 heavy (non-hydrogen) atoms. The summed E-state index contributed by atoms with van der Waals surface area (Å²) in [6.07, 6.45) is 1.87. The molecule has 86 valence electrons. The lowest BCUT2D eigenvalue weighted by molar-refractivity contribution is 0.348. The molecule has 0 aromatic carbocycles. The summed E-state index contributed by atoms with van der Waals surface area (Å²) in [7, 11) is 0. The molecule has 0 radical (unpaired) electrons. The number of nitrogens with two attached hydrogens (primary N) is 1. The molecular weight excluding hydrogens is 314 g/mol. The van der Waals surface area contributed by atoms with Gasteiger partial charge in [0.25, 0.3) is 0 Å². The van der Waals surface area contributed by atoms with Gasteiger partial charge in [-0.3, -0.25) is 0 Å². The molecule has 7 heteroatoms. The minimum atomic E-state index is -0.347. The molecule has 2 aromatic heterocycles. The maximum Gasteiger partial charge on any atom is 0.247 e. The van der Waals surface area contributed by atoms with Crippen molar-refractivity contribution >= 4 is 39.7 Å². The molecule has 2 aromatic rings. The Morgan fingerprint density at radius 1 is 1.50 bits per heavy atom. The zero-order valence-corrected chi connectivity index (χ0v) is 11.4. The fourth-order valence-corrected chi connectivity index (χ4v) is 2.66. The summed E-state index contributed by atoms with van der Waals surface area (Å²) in [5.41, 5.74) is 5.61. The van der Waals surface area contributed by atoms with E-state index in [0.29, 0.717) is 11.7 Å². The van der Waals surface area contributed by atoms with Crippen LogP contribution in [0.15, 0.2) is 20.4 Å². The van der Waals surface area contributed by atoms with E-state index in [4.69, 9.17) is 10.3 Å². The SMILES string of the molecule is Cl.NC1(c2nc(-c3cc(Br)cs3)no2)CC1. The summed E-state index contributed by atoms with van der Waals surface area (Å²) in [5, 5.41) is 5.92. The highest BCUT2D eigenvalue weighted by atomic mass is 79.9. The summed E-state index contributed by atoms with van der Waals surface area (Å²) in [5.74, 6) is 1.18. The van der Waals surface area contributed by atoms with Crippen LogP contribution in [-0.4, -0.2) is 10.1 Å². The second kappa shape index (κ2) is 4.10. The van der Waals surface area contributed by atoms with Gasteiger partial charge in [0.2, 0.25) is 11.7 Å². The quantitative estimate of drug-likeness (QED) is 0.923. The van der Waals surface area contributed by atoms with Gasteiger partial charge < -0.3 is 10.3 Å². The molecule has 0 saturated heterocycles. The third kappa shape index (κ3) is 2.02. The van der Waals surface area contributed by atoms with Gasteiger partial charge in [-0.2, -0.15) is 4.98 Å². The average Bonchev–Trinajstić information content (AvgIpc) is 2.72. The van der Waals surface area contributed by atoms with Crippen molar-refractivity contribution in [1.29, 1.82) is 0 Å². The first-order valence-electron chi connectivity index (χ1n) is 4.55. The zero-order chi connectivity index (χ0) is 10.5. The van der Waals surface area contributed by atoms with E-state index in [9.17, 15) is 0 Å². The fourth-order valence-electron chi connectivity index (χ4n) is 1.30. The Morgan fingerprint density at radius 3 is 2.81 bits per heavy atom. The van der Waals surface area contributed by atoms with E-state index in [2.05, 4.69) is 26.1 Å². The Balaban J connectivity index is 0.000000963. The monoisotopic (exact) mass is 321 g/mol.